The molecule has 4 rings (SSSR count). The third kappa shape index (κ3) is 4.60. The lowest BCUT2D eigenvalue weighted by atomic mass is 9.78. The van der Waals surface area contributed by atoms with Gasteiger partial charge in [0.2, 0.25) is 0 Å². The lowest BCUT2D eigenvalue weighted by Gasteiger charge is -2.22. The first-order valence-corrected chi connectivity index (χ1v) is 11.7. The quantitative estimate of drug-likeness (QED) is 0.292. The molecule has 1 aliphatic carbocycles. The minimum atomic E-state index is -1.41. The van der Waals surface area contributed by atoms with Gasteiger partial charge in [0.1, 0.15) is 23.5 Å². The lowest BCUT2D eigenvalue weighted by Crippen LogP contribution is -2.28. The zero-order valence-electron chi connectivity index (χ0n) is 20.1. The summed E-state index contributed by atoms with van der Waals surface area (Å²) in [6, 6.07) is 27.7. The second-order valence-electron chi connectivity index (χ2n) is 9.38. The second kappa shape index (κ2) is 10.1. The molecule has 36 heavy (non-hydrogen) atoms. The molecule has 1 fully saturated rings. The zero-order valence-corrected chi connectivity index (χ0v) is 20.1. The van der Waals surface area contributed by atoms with Crippen LogP contribution in [0.25, 0.3) is 0 Å². The van der Waals surface area contributed by atoms with Crippen molar-refractivity contribution in [2.45, 2.75) is 26.4 Å². The summed E-state index contributed by atoms with van der Waals surface area (Å²) in [5, 5.41) is 20.5. The van der Waals surface area contributed by atoms with Crippen molar-refractivity contribution in [3.63, 3.8) is 0 Å². The number of allylic oxidation sites excluding steroid dienone is 1. The van der Waals surface area contributed by atoms with Crippen LogP contribution >= 0.6 is 0 Å². The number of carboxylic acid groups (broad SMARTS) is 1. The van der Waals surface area contributed by atoms with Gasteiger partial charge in [-0.15, -0.1) is 0 Å². The summed E-state index contributed by atoms with van der Waals surface area (Å²) in [5.41, 5.74) is -0.785. The van der Waals surface area contributed by atoms with Gasteiger partial charge < -0.3 is 14.6 Å². The number of ether oxygens (including phenoxy) is 2. The highest BCUT2D eigenvalue weighted by atomic mass is 16.5. The predicted molar refractivity (Wildman–Crippen MR) is 134 cm³/mol. The van der Waals surface area contributed by atoms with Crippen LogP contribution in [-0.4, -0.2) is 17.0 Å². The van der Waals surface area contributed by atoms with E-state index in [4.69, 9.17) is 9.47 Å². The van der Waals surface area contributed by atoms with Gasteiger partial charge >= 0.3 is 11.9 Å². The van der Waals surface area contributed by atoms with Gasteiger partial charge in [-0.25, -0.2) is 4.79 Å². The summed E-state index contributed by atoms with van der Waals surface area (Å²) >= 11 is 0. The molecule has 0 saturated heterocycles. The minimum absolute atomic E-state index is 0.122. The van der Waals surface area contributed by atoms with Crippen molar-refractivity contribution in [3.8, 4) is 17.6 Å². The standard InChI is InChI=1S/C30H27NO5/c1-29(2)26(16-17-27(32)35-20-21-10-5-3-6-11-21)30(29,28(33)34)25(19-31)22-12-9-15-24(18-22)36-23-13-7-4-8-14-23/h3-18,25-26H,20H2,1-2H3,(H,33,34)/t25?,26-,30+/m0/s1. The van der Waals surface area contributed by atoms with Gasteiger partial charge in [0, 0.05) is 12.0 Å². The fraction of sp³-hybridized carbons (Fsp3) is 0.233. The summed E-state index contributed by atoms with van der Waals surface area (Å²) in [6.07, 6.45) is 2.83. The van der Waals surface area contributed by atoms with E-state index in [0.29, 0.717) is 17.1 Å². The Morgan fingerprint density at radius 3 is 2.28 bits per heavy atom. The van der Waals surface area contributed by atoms with Crippen molar-refractivity contribution in [2.75, 3.05) is 0 Å². The number of carboxylic acids is 1. The fourth-order valence-electron chi connectivity index (χ4n) is 5.09. The molecule has 3 aromatic carbocycles. The van der Waals surface area contributed by atoms with Crippen molar-refractivity contribution in [1.82, 2.24) is 0 Å². The predicted octanol–water partition coefficient (Wildman–Crippen LogP) is 6.11. The summed E-state index contributed by atoms with van der Waals surface area (Å²) in [4.78, 5) is 25.0. The van der Waals surface area contributed by atoms with E-state index in [1.165, 1.54) is 6.08 Å². The maximum atomic E-state index is 12.7. The molecule has 6 heteroatoms. The van der Waals surface area contributed by atoms with Gasteiger partial charge in [-0.05, 0) is 40.8 Å². The van der Waals surface area contributed by atoms with E-state index < -0.39 is 34.6 Å². The van der Waals surface area contributed by atoms with Crippen molar-refractivity contribution in [2.24, 2.45) is 16.7 Å². The Kier molecular flexibility index (Phi) is 6.93. The van der Waals surface area contributed by atoms with Crippen LogP contribution in [0.2, 0.25) is 0 Å². The van der Waals surface area contributed by atoms with Crippen LogP contribution in [0, 0.1) is 28.1 Å². The van der Waals surface area contributed by atoms with Crippen LogP contribution in [0.4, 0.5) is 0 Å². The monoisotopic (exact) mass is 481 g/mol. The van der Waals surface area contributed by atoms with Crippen molar-refractivity contribution < 1.29 is 24.2 Å². The van der Waals surface area contributed by atoms with Crippen LogP contribution in [0.3, 0.4) is 0 Å². The molecule has 3 aromatic rings. The molecule has 0 bridgehead atoms. The number of nitriles is 1. The first-order chi connectivity index (χ1) is 17.3. The Balaban J connectivity index is 1.56. The highest BCUT2D eigenvalue weighted by Crippen LogP contribution is 2.75. The lowest BCUT2D eigenvalue weighted by molar-refractivity contribution is -0.145. The van der Waals surface area contributed by atoms with Crippen LogP contribution in [0.5, 0.6) is 11.5 Å². The first kappa shape index (κ1) is 24.7. The average molecular weight is 482 g/mol. The van der Waals surface area contributed by atoms with Gasteiger partial charge in [-0.2, -0.15) is 5.26 Å². The Bertz CT molecular complexity index is 1310. The number of hydrogen-bond acceptors (Lipinski definition) is 5. The second-order valence-corrected chi connectivity index (χ2v) is 9.38. The van der Waals surface area contributed by atoms with E-state index in [0.717, 1.165) is 5.56 Å². The van der Waals surface area contributed by atoms with E-state index in [-0.39, 0.29) is 6.61 Å². The Morgan fingerprint density at radius 2 is 1.64 bits per heavy atom. The third-order valence-corrected chi connectivity index (χ3v) is 7.01. The van der Waals surface area contributed by atoms with Crippen LogP contribution in [0.15, 0.2) is 97.1 Å². The molecule has 1 saturated carbocycles. The fourth-order valence-corrected chi connectivity index (χ4v) is 5.09. The number of esters is 1. The van der Waals surface area contributed by atoms with Gasteiger partial charge in [-0.3, -0.25) is 4.79 Å². The molecule has 0 radical (unpaired) electrons. The van der Waals surface area contributed by atoms with E-state index >= 15 is 0 Å². The summed E-state index contributed by atoms with van der Waals surface area (Å²) in [7, 11) is 0. The smallest absolute Gasteiger partial charge is 0.330 e. The summed E-state index contributed by atoms with van der Waals surface area (Å²) in [5.74, 6) is -2.00. The van der Waals surface area contributed by atoms with Gasteiger partial charge in [0.25, 0.3) is 0 Å². The molecule has 1 unspecified atom stereocenters. The SMILES string of the molecule is CC1(C)[C@H](C=CC(=O)OCc2ccccc2)[C@@]1(C(=O)O)C(C#N)c1cccc(Oc2ccccc2)c1. The first-order valence-electron chi connectivity index (χ1n) is 11.7. The number of rotatable bonds is 9. The van der Waals surface area contributed by atoms with Gasteiger partial charge in [0.05, 0.1) is 12.0 Å². The van der Waals surface area contributed by atoms with Crippen molar-refractivity contribution in [3.05, 3.63) is 108 Å². The number of carbonyl (C=O) groups excluding carboxylic acids is 1. The molecule has 3 atom stereocenters. The van der Waals surface area contributed by atoms with Gasteiger partial charge in [-0.1, -0.05) is 80.6 Å². The molecular formula is C30H27NO5. The number of nitrogens with zero attached hydrogens (tertiary/aromatic N) is 1. The highest BCUT2D eigenvalue weighted by molar-refractivity contribution is 5.86. The summed E-state index contributed by atoms with van der Waals surface area (Å²) < 4.78 is 11.2. The Hall–Kier alpha value is -4.37. The molecule has 0 heterocycles. The van der Waals surface area contributed by atoms with E-state index in [9.17, 15) is 20.0 Å². The molecule has 182 valence electrons. The molecular weight excluding hydrogens is 454 g/mol. The van der Waals surface area contributed by atoms with E-state index in [2.05, 4.69) is 6.07 Å². The largest absolute Gasteiger partial charge is 0.481 e. The molecule has 0 aromatic heterocycles. The van der Waals surface area contributed by atoms with Crippen molar-refractivity contribution >= 4 is 11.9 Å². The van der Waals surface area contributed by atoms with E-state index in [1.54, 1.807) is 44.2 Å². The topological polar surface area (TPSA) is 96.6 Å². The van der Waals surface area contributed by atoms with E-state index in [1.807, 2.05) is 60.7 Å². The normalized spacial score (nSPS) is 20.8. The molecule has 1 aliphatic rings. The third-order valence-electron chi connectivity index (χ3n) is 7.01. The van der Waals surface area contributed by atoms with Crippen LogP contribution in [-0.2, 0) is 20.9 Å². The van der Waals surface area contributed by atoms with Crippen LogP contribution < -0.4 is 4.74 Å². The number of aliphatic carboxylic acids is 1. The van der Waals surface area contributed by atoms with Crippen LogP contribution in [0.1, 0.15) is 30.9 Å². The molecule has 0 amide bonds. The molecule has 0 spiro atoms. The number of carbonyl (C=O) groups is 2. The van der Waals surface area contributed by atoms with Crippen molar-refractivity contribution in [1.29, 1.82) is 5.26 Å². The maximum absolute atomic E-state index is 12.7. The Morgan fingerprint density at radius 1 is 1.00 bits per heavy atom. The number of para-hydroxylation sites is 1. The molecule has 1 N–H and O–H groups in total. The molecule has 6 nitrogen and oxygen atoms in total. The zero-order chi connectivity index (χ0) is 25.8. The highest BCUT2D eigenvalue weighted by Gasteiger charge is 2.78. The average Bonchev–Trinajstić information content (AvgIpc) is 3.38. The Labute approximate surface area is 210 Å². The van der Waals surface area contributed by atoms with Gasteiger partial charge in [0.15, 0.2) is 0 Å². The summed E-state index contributed by atoms with van der Waals surface area (Å²) in [6.45, 7) is 3.73. The molecule has 0 aliphatic heterocycles. The maximum Gasteiger partial charge on any atom is 0.330 e. The number of benzene rings is 3. The minimum Gasteiger partial charge on any atom is -0.481 e. The number of hydrogen-bond donors (Lipinski definition) is 1.